The van der Waals surface area contributed by atoms with E-state index in [0.717, 1.165) is 25.9 Å². The summed E-state index contributed by atoms with van der Waals surface area (Å²) in [4.78, 5) is 2.19. The van der Waals surface area contributed by atoms with Crippen molar-refractivity contribution in [2.45, 2.75) is 19.3 Å². The average Bonchev–Trinajstić information content (AvgIpc) is 2.93. The summed E-state index contributed by atoms with van der Waals surface area (Å²) < 4.78 is 5.04. The first kappa shape index (κ1) is 13.4. The molecule has 0 aromatic heterocycles. The molecule has 0 amide bonds. The summed E-state index contributed by atoms with van der Waals surface area (Å²) in [5, 5.41) is 16.3. The van der Waals surface area contributed by atoms with Crippen LogP contribution in [0.2, 0.25) is 0 Å². The minimum atomic E-state index is 0.167. The van der Waals surface area contributed by atoms with E-state index >= 15 is 0 Å². The molecule has 16 heavy (non-hydrogen) atoms. The van der Waals surface area contributed by atoms with Gasteiger partial charge in [0.25, 0.3) is 0 Å². The Morgan fingerprint density at radius 2 is 2.19 bits per heavy atom. The van der Waals surface area contributed by atoms with Gasteiger partial charge in [0, 0.05) is 33.2 Å². The molecular weight excluding hydrogens is 206 g/mol. The molecule has 1 fully saturated rings. The highest BCUT2D eigenvalue weighted by Gasteiger charge is 2.43. The fraction of sp³-hybridized carbons (Fsp3) is 0.909. The molecule has 0 aromatic rings. The highest BCUT2D eigenvalue weighted by atomic mass is 16.5. The molecule has 0 spiro atoms. The second-order valence-electron chi connectivity index (χ2n) is 4.69. The van der Waals surface area contributed by atoms with E-state index in [-0.39, 0.29) is 17.9 Å². The van der Waals surface area contributed by atoms with E-state index in [1.807, 2.05) is 0 Å². The molecule has 0 unspecified atom stereocenters. The predicted molar refractivity (Wildman–Crippen MR) is 63.6 cm³/mol. The van der Waals surface area contributed by atoms with Crippen molar-refractivity contribution >= 4 is 5.84 Å². The van der Waals surface area contributed by atoms with Gasteiger partial charge in [0.05, 0.1) is 19.0 Å². The fourth-order valence-electron chi connectivity index (χ4n) is 2.08. The summed E-state index contributed by atoms with van der Waals surface area (Å²) in [6.45, 7) is 3.26. The van der Waals surface area contributed by atoms with Gasteiger partial charge in [-0.25, -0.2) is 0 Å². The third-order valence-corrected chi connectivity index (χ3v) is 3.11. The van der Waals surface area contributed by atoms with Crippen LogP contribution in [-0.4, -0.2) is 55.8 Å². The minimum Gasteiger partial charge on any atom is -0.395 e. The summed E-state index contributed by atoms with van der Waals surface area (Å²) >= 11 is 0. The number of hydrogen-bond donors (Lipinski definition) is 3. The lowest BCUT2D eigenvalue weighted by atomic mass is 10.0. The Morgan fingerprint density at radius 1 is 1.50 bits per heavy atom. The molecule has 94 valence electrons. The number of rotatable bonds is 9. The first-order valence-corrected chi connectivity index (χ1v) is 5.77. The van der Waals surface area contributed by atoms with Crippen LogP contribution in [0, 0.1) is 10.8 Å². The van der Waals surface area contributed by atoms with Crippen LogP contribution in [-0.2, 0) is 4.74 Å². The van der Waals surface area contributed by atoms with E-state index in [4.69, 9.17) is 21.0 Å². The number of nitrogens with zero attached hydrogens (tertiary/aromatic N) is 1. The Kier molecular flexibility index (Phi) is 5.18. The van der Waals surface area contributed by atoms with Crippen molar-refractivity contribution in [1.29, 1.82) is 5.41 Å². The summed E-state index contributed by atoms with van der Waals surface area (Å²) in [6, 6.07) is 0. The van der Waals surface area contributed by atoms with E-state index in [0.29, 0.717) is 19.6 Å². The molecule has 0 bridgehead atoms. The smallest absolute Gasteiger partial charge is 0.0911 e. The lowest BCUT2D eigenvalue weighted by Gasteiger charge is -2.26. The Hall–Kier alpha value is -0.650. The molecule has 5 nitrogen and oxygen atoms in total. The van der Waals surface area contributed by atoms with Gasteiger partial charge in [-0.1, -0.05) is 0 Å². The second kappa shape index (κ2) is 6.18. The van der Waals surface area contributed by atoms with Crippen LogP contribution in [0.3, 0.4) is 0 Å². The standard InChI is InChI=1S/C11H23N3O2/c1-16-7-5-14(4-6-15)9-11(2-3-11)8-10(12)13/h15H,2-9H2,1H3,(H3,12,13). The van der Waals surface area contributed by atoms with Gasteiger partial charge >= 0.3 is 0 Å². The number of nitrogens with two attached hydrogens (primary N) is 1. The minimum absolute atomic E-state index is 0.167. The van der Waals surface area contributed by atoms with Crippen molar-refractivity contribution in [3.8, 4) is 0 Å². The predicted octanol–water partition coefficient (Wildman–Crippen LogP) is 0.0334. The third kappa shape index (κ3) is 4.47. The Morgan fingerprint density at radius 3 is 2.62 bits per heavy atom. The Bertz CT molecular complexity index is 229. The molecule has 1 aliphatic rings. The SMILES string of the molecule is COCCN(CCO)CC1(CC(=N)N)CC1. The molecule has 1 aliphatic carbocycles. The maximum Gasteiger partial charge on any atom is 0.0911 e. The van der Waals surface area contributed by atoms with Crippen LogP contribution in [0.1, 0.15) is 19.3 Å². The van der Waals surface area contributed by atoms with E-state index < -0.39 is 0 Å². The summed E-state index contributed by atoms with van der Waals surface area (Å²) in [5.41, 5.74) is 5.66. The molecule has 0 heterocycles. The normalized spacial score (nSPS) is 17.7. The first-order valence-electron chi connectivity index (χ1n) is 5.77. The number of aliphatic hydroxyl groups is 1. The van der Waals surface area contributed by atoms with Gasteiger partial charge in [-0.05, 0) is 18.3 Å². The molecule has 4 N–H and O–H groups in total. The Labute approximate surface area is 97.1 Å². The lowest BCUT2D eigenvalue weighted by molar-refractivity contribution is 0.116. The number of ether oxygens (including phenoxy) is 1. The van der Waals surface area contributed by atoms with Crippen molar-refractivity contribution in [3.05, 3.63) is 0 Å². The Balaban J connectivity index is 2.37. The highest BCUT2D eigenvalue weighted by Crippen LogP contribution is 2.49. The van der Waals surface area contributed by atoms with Gasteiger partial charge < -0.3 is 15.6 Å². The van der Waals surface area contributed by atoms with Crippen LogP contribution in [0.15, 0.2) is 0 Å². The molecule has 0 radical (unpaired) electrons. The number of hydrogen-bond acceptors (Lipinski definition) is 4. The summed E-state index contributed by atoms with van der Waals surface area (Å²) in [6.07, 6.45) is 2.96. The maximum atomic E-state index is 8.99. The lowest BCUT2D eigenvalue weighted by Crippen LogP contribution is -2.36. The van der Waals surface area contributed by atoms with Crippen LogP contribution < -0.4 is 5.73 Å². The first-order chi connectivity index (χ1) is 7.62. The second-order valence-corrected chi connectivity index (χ2v) is 4.69. The molecule has 0 atom stereocenters. The summed E-state index contributed by atoms with van der Waals surface area (Å²) in [7, 11) is 1.68. The maximum absolute atomic E-state index is 8.99. The van der Waals surface area contributed by atoms with Gasteiger partial charge in [-0.15, -0.1) is 0 Å². The fourth-order valence-corrected chi connectivity index (χ4v) is 2.08. The van der Waals surface area contributed by atoms with Crippen LogP contribution in [0.25, 0.3) is 0 Å². The molecule has 1 saturated carbocycles. The number of nitrogens with one attached hydrogen (secondary N) is 1. The molecular formula is C11H23N3O2. The summed E-state index contributed by atoms with van der Waals surface area (Å²) in [5.74, 6) is 0.271. The molecule has 5 heteroatoms. The van der Waals surface area contributed by atoms with Gasteiger partial charge in [0.15, 0.2) is 0 Å². The van der Waals surface area contributed by atoms with Gasteiger partial charge in [-0.2, -0.15) is 0 Å². The van der Waals surface area contributed by atoms with Crippen molar-refractivity contribution in [2.75, 3.05) is 40.0 Å². The van der Waals surface area contributed by atoms with Crippen molar-refractivity contribution in [2.24, 2.45) is 11.1 Å². The highest BCUT2D eigenvalue weighted by molar-refractivity contribution is 5.78. The van der Waals surface area contributed by atoms with E-state index in [1.165, 1.54) is 0 Å². The largest absolute Gasteiger partial charge is 0.395 e. The molecule has 0 aliphatic heterocycles. The number of amidine groups is 1. The van der Waals surface area contributed by atoms with Crippen LogP contribution in [0.4, 0.5) is 0 Å². The molecule has 0 saturated heterocycles. The van der Waals surface area contributed by atoms with Crippen molar-refractivity contribution in [3.63, 3.8) is 0 Å². The topological polar surface area (TPSA) is 82.6 Å². The van der Waals surface area contributed by atoms with E-state index in [1.54, 1.807) is 7.11 Å². The zero-order chi connectivity index (χ0) is 12.0. The molecule has 1 rings (SSSR count). The number of aliphatic hydroxyl groups excluding tert-OH is 1. The molecule has 0 aromatic carbocycles. The monoisotopic (exact) mass is 229 g/mol. The quantitative estimate of drug-likeness (QED) is 0.385. The third-order valence-electron chi connectivity index (χ3n) is 3.11. The van der Waals surface area contributed by atoms with Crippen molar-refractivity contribution < 1.29 is 9.84 Å². The van der Waals surface area contributed by atoms with E-state index in [9.17, 15) is 0 Å². The van der Waals surface area contributed by atoms with Gasteiger partial charge in [-0.3, -0.25) is 10.3 Å². The van der Waals surface area contributed by atoms with Gasteiger partial charge in [0.2, 0.25) is 0 Å². The average molecular weight is 229 g/mol. The van der Waals surface area contributed by atoms with Gasteiger partial charge in [0.1, 0.15) is 0 Å². The number of methoxy groups -OCH3 is 1. The van der Waals surface area contributed by atoms with E-state index in [2.05, 4.69) is 4.90 Å². The van der Waals surface area contributed by atoms with Crippen LogP contribution >= 0.6 is 0 Å². The zero-order valence-corrected chi connectivity index (χ0v) is 10.0. The van der Waals surface area contributed by atoms with Crippen LogP contribution in [0.5, 0.6) is 0 Å². The zero-order valence-electron chi connectivity index (χ0n) is 10.0. The van der Waals surface area contributed by atoms with Crippen molar-refractivity contribution in [1.82, 2.24) is 4.90 Å².